The maximum atomic E-state index is 11.6. The van der Waals surface area contributed by atoms with Crippen molar-refractivity contribution in [2.45, 2.75) is 20.0 Å². The summed E-state index contributed by atoms with van der Waals surface area (Å²) in [7, 11) is 1.61. The van der Waals surface area contributed by atoms with Crippen LogP contribution in [0.3, 0.4) is 0 Å². The Kier molecular flexibility index (Phi) is 2.85. The lowest BCUT2D eigenvalue weighted by Gasteiger charge is -2.18. The zero-order valence-electron chi connectivity index (χ0n) is 9.97. The minimum atomic E-state index is -1.02. The Morgan fingerprint density at radius 3 is 2.88 bits per heavy atom. The standard InChI is InChI=1S/C12H14N2O3/c1-7(15)12(16)14(3)9-4-5-11-10(6-9)13-8(2)17-11/h4-7,15H,1-3H3. The van der Waals surface area contributed by atoms with Crippen LogP contribution in [0, 0.1) is 6.92 Å². The number of anilines is 1. The zero-order chi connectivity index (χ0) is 12.6. The fourth-order valence-electron chi connectivity index (χ4n) is 1.65. The molecule has 1 heterocycles. The fourth-order valence-corrected chi connectivity index (χ4v) is 1.65. The van der Waals surface area contributed by atoms with E-state index in [-0.39, 0.29) is 5.91 Å². The Morgan fingerprint density at radius 1 is 1.53 bits per heavy atom. The number of hydrogen-bond donors (Lipinski definition) is 1. The molecular formula is C12H14N2O3. The number of benzene rings is 1. The van der Waals surface area contributed by atoms with Gasteiger partial charge in [-0.2, -0.15) is 0 Å². The van der Waals surface area contributed by atoms with Crippen molar-refractivity contribution in [3.05, 3.63) is 24.1 Å². The number of aromatic nitrogens is 1. The van der Waals surface area contributed by atoms with Crippen molar-refractivity contribution < 1.29 is 14.3 Å². The van der Waals surface area contributed by atoms with Gasteiger partial charge < -0.3 is 14.4 Å². The van der Waals surface area contributed by atoms with E-state index < -0.39 is 6.10 Å². The largest absolute Gasteiger partial charge is 0.441 e. The first-order chi connectivity index (χ1) is 7.99. The number of carbonyl (C=O) groups excluding carboxylic acids is 1. The second kappa shape index (κ2) is 4.18. The Bertz CT molecular complexity index is 560. The molecule has 17 heavy (non-hydrogen) atoms. The van der Waals surface area contributed by atoms with Crippen molar-refractivity contribution in [2.24, 2.45) is 0 Å². The van der Waals surface area contributed by atoms with E-state index in [1.54, 1.807) is 32.2 Å². The van der Waals surface area contributed by atoms with E-state index in [4.69, 9.17) is 4.42 Å². The molecule has 2 aromatic rings. The predicted octanol–water partition coefficient (Wildman–Crippen LogP) is 1.48. The molecule has 1 unspecified atom stereocenters. The van der Waals surface area contributed by atoms with Crippen LogP contribution in [-0.4, -0.2) is 29.1 Å². The van der Waals surface area contributed by atoms with Gasteiger partial charge in [-0.05, 0) is 25.1 Å². The summed E-state index contributed by atoms with van der Waals surface area (Å²) in [5, 5.41) is 9.24. The molecule has 90 valence electrons. The number of likely N-dealkylation sites (N-methyl/N-ethyl adjacent to an activating group) is 1. The topological polar surface area (TPSA) is 66.6 Å². The van der Waals surface area contributed by atoms with E-state index in [0.29, 0.717) is 22.7 Å². The molecule has 1 aromatic heterocycles. The lowest BCUT2D eigenvalue weighted by Crippen LogP contribution is -2.34. The first-order valence-electron chi connectivity index (χ1n) is 5.32. The normalized spacial score (nSPS) is 12.7. The third kappa shape index (κ3) is 2.14. The summed E-state index contributed by atoms with van der Waals surface area (Å²) in [6, 6.07) is 5.27. The molecule has 0 aliphatic carbocycles. The van der Waals surface area contributed by atoms with Gasteiger partial charge in [0.2, 0.25) is 0 Å². The second-order valence-corrected chi connectivity index (χ2v) is 3.96. The van der Waals surface area contributed by atoms with Gasteiger partial charge in [-0.3, -0.25) is 4.79 Å². The van der Waals surface area contributed by atoms with E-state index in [2.05, 4.69) is 4.98 Å². The quantitative estimate of drug-likeness (QED) is 0.854. The van der Waals surface area contributed by atoms with Crippen LogP contribution in [-0.2, 0) is 4.79 Å². The number of aryl methyl sites for hydroxylation is 1. The van der Waals surface area contributed by atoms with Crippen LogP contribution in [0.4, 0.5) is 5.69 Å². The first-order valence-corrected chi connectivity index (χ1v) is 5.32. The molecular weight excluding hydrogens is 220 g/mol. The summed E-state index contributed by atoms with van der Waals surface area (Å²) < 4.78 is 5.35. The van der Waals surface area contributed by atoms with Crippen LogP contribution >= 0.6 is 0 Å². The van der Waals surface area contributed by atoms with Crippen molar-refractivity contribution in [1.29, 1.82) is 0 Å². The highest BCUT2D eigenvalue weighted by Crippen LogP contribution is 2.22. The van der Waals surface area contributed by atoms with Gasteiger partial charge in [0.25, 0.3) is 5.91 Å². The summed E-state index contributed by atoms with van der Waals surface area (Å²) in [4.78, 5) is 17.2. The van der Waals surface area contributed by atoms with Gasteiger partial charge in [0.05, 0.1) is 0 Å². The first kappa shape index (κ1) is 11.6. The lowest BCUT2D eigenvalue weighted by molar-refractivity contribution is -0.125. The smallest absolute Gasteiger partial charge is 0.255 e. The Hall–Kier alpha value is -1.88. The Balaban J connectivity index is 2.38. The van der Waals surface area contributed by atoms with Gasteiger partial charge in [-0.1, -0.05) is 0 Å². The molecule has 5 heteroatoms. The number of oxazole rings is 1. The van der Waals surface area contributed by atoms with Gasteiger partial charge in [-0.25, -0.2) is 4.98 Å². The fraction of sp³-hybridized carbons (Fsp3) is 0.333. The Labute approximate surface area is 98.7 Å². The van der Waals surface area contributed by atoms with Crippen molar-refractivity contribution >= 4 is 22.7 Å². The van der Waals surface area contributed by atoms with Crippen molar-refractivity contribution in [1.82, 2.24) is 4.98 Å². The van der Waals surface area contributed by atoms with Gasteiger partial charge in [-0.15, -0.1) is 0 Å². The maximum absolute atomic E-state index is 11.6. The van der Waals surface area contributed by atoms with Crippen molar-refractivity contribution in [3.63, 3.8) is 0 Å². The number of amides is 1. The summed E-state index contributed by atoms with van der Waals surface area (Å²) >= 11 is 0. The van der Waals surface area contributed by atoms with Crippen LogP contribution in [0.15, 0.2) is 22.6 Å². The highest BCUT2D eigenvalue weighted by atomic mass is 16.3. The monoisotopic (exact) mass is 234 g/mol. The highest BCUT2D eigenvalue weighted by Gasteiger charge is 2.16. The SMILES string of the molecule is Cc1nc2cc(N(C)C(=O)C(C)O)ccc2o1. The number of hydrogen-bond acceptors (Lipinski definition) is 4. The van der Waals surface area contributed by atoms with Crippen molar-refractivity contribution in [2.75, 3.05) is 11.9 Å². The van der Waals surface area contributed by atoms with Gasteiger partial charge in [0, 0.05) is 19.7 Å². The molecule has 0 aliphatic heterocycles. The van der Waals surface area contributed by atoms with Crippen LogP contribution in [0.1, 0.15) is 12.8 Å². The third-order valence-electron chi connectivity index (χ3n) is 2.55. The van der Waals surface area contributed by atoms with E-state index in [1.807, 2.05) is 0 Å². The van der Waals surface area contributed by atoms with Crippen LogP contribution in [0.2, 0.25) is 0 Å². The van der Waals surface area contributed by atoms with E-state index >= 15 is 0 Å². The number of rotatable bonds is 2. The molecule has 0 saturated carbocycles. The van der Waals surface area contributed by atoms with Gasteiger partial charge in [0.15, 0.2) is 11.5 Å². The number of carbonyl (C=O) groups is 1. The summed E-state index contributed by atoms with van der Waals surface area (Å²) in [6.07, 6.45) is -1.02. The predicted molar refractivity (Wildman–Crippen MR) is 63.8 cm³/mol. The van der Waals surface area contributed by atoms with Crippen LogP contribution in [0.25, 0.3) is 11.1 Å². The molecule has 0 radical (unpaired) electrons. The van der Waals surface area contributed by atoms with E-state index in [9.17, 15) is 9.90 Å². The minimum Gasteiger partial charge on any atom is -0.441 e. The number of aliphatic hydroxyl groups is 1. The highest BCUT2D eigenvalue weighted by molar-refractivity contribution is 5.97. The molecule has 0 saturated heterocycles. The van der Waals surface area contributed by atoms with Gasteiger partial charge >= 0.3 is 0 Å². The third-order valence-corrected chi connectivity index (χ3v) is 2.55. The van der Waals surface area contributed by atoms with Crippen molar-refractivity contribution in [3.8, 4) is 0 Å². The summed E-state index contributed by atoms with van der Waals surface area (Å²) in [5.74, 6) is 0.228. The average molecular weight is 234 g/mol. The molecule has 1 atom stereocenters. The number of fused-ring (bicyclic) bond motifs is 1. The van der Waals surface area contributed by atoms with Crippen LogP contribution < -0.4 is 4.90 Å². The molecule has 0 fully saturated rings. The van der Waals surface area contributed by atoms with Gasteiger partial charge in [0.1, 0.15) is 11.6 Å². The molecule has 1 N–H and O–H groups in total. The molecule has 1 amide bonds. The zero-order valence-corrected chi connectivity index (χ0v) is 9.97. The summed E-state index contributed by atoms with van der Waals surface area (Å²) in [5.41, 5.74) is 2.06. The van der Waals surface area contributed by atoms with E-state index in [1.165, 1.54) is 11.8 Å². The minimum absolute atomic E-state index is 0.357. The molecule has 2 rings (SSSR count). The molecule has 0 spiro atoms. The molecule has 1 aromatic carbocycles. The summed E-state index contributed by atoms with van der Waals surface area (Å²) in [6.45, 7) is 3.21. The lowest BCUT2D eigenvalue weighted by atomic mass is 10.2. The maximum Gasteiger partial charge on any atom is 0.255 e. The number of aliphatic hydroxyl groups excluding tert-OH is 1. The Morgan fingerprint density at radius 2 is 2.24 bits per heavy atom. The second-order valence-electron chi connectivity index (χ2n) is 3.96. The molecule has 0 aliphatic rings. The van der Waals surface area contributed by atoms with E-state index in [0.717, 1.165) is 0 Å². The average Bonchev–Trinajstić information content (AvgIpc) is 2.65. The van der Waals surface area contributed by atoms with Crippen LogP contribution in [0.5, 0.6) is 0 Å². The molecule has 0 bridgehead atoms. The molecule has 5 nitrogen and oxygen atoms in total. The number of nitrogens with zero attached hydrogens (tertiary/aromatic N) is 2.